The molecular weight excluding hydrogens is 280 g/mol. The minimum atomic E-state index is 0.0684. The van der Waals surface area contributed by atoms with E-state index in [1.54, 1.807) is 6.20 Å². The van der Waals surface area contributed by atoms with Crippen LogP contribution >= 0.6 is 0 Å². The van der Waals surface area contributed by atoms with Crippen LogP contribution < -0.4 is 5.32 Å². The van der Waals surface area contributed by atoms with E-state index in [1.807, 2.05) is 10.7 Å². The third-order valence-electron chi connectivity index (χ3n) is 4.59. The van der Waals surface area contributed by atoms with Gasteiger partial charge in [0.25, 0.3) is 0 Å². The van der Waals surface area contributed by atoms with Crippen molar-refractivity contribution in [1.82, 2.24) is 14.7 Å². The SMILES string of the molecule is C[C@@H]1CN(CCC(=O)Nc2ccnn2C2CCCC2)CCO1. The van der Waals surface area contributed by atoms with Gasteiger partial charge in [-0.25, -0.2) is 4.68 Å². The number of hydrogen-bond acceptors (Lipinski definition) is 4. The quantitative estimate of drug-likeness (QED) is 0.904. The molecule has 1 aromatic heterocycles. The Kier molecular flexibility index (Phi) is 5.10. The zero-order valence-electron chi connectivity index (χ0n) is 13.3. The molecule has 1 saturated heterocycles. The van der Waals surface area contributed by atoms with Gasteiger partial charge in [0.2, 0.25) is 5.91 Å². The van der Waals surface area contributed by atoms with E-state index < -0.39 is 0 Å². The molecule has 1 N–H and O–H groups in total. The van der Waals surface area contributed by atoms with Crippen LogP contribution in [0.15, 0.2) is 12.3 Å². The number of nitrogens with zero attached hydrogens (tertiary/aromatic N) is 3. The van der Waals surface area contributed by atoms with E-state index in [4.69, 9.17) is 4.74 Å². The predicted octanol–water partition coefficient (Wildman–Crippen LogP) is 2.05. The van der Waals surface area contributed by atoms with E-state index in [0.717, 1.165) is 44.9 Å². The smallest absolute Gasteiger partial charge is 0.226 e. The average molecular weight is 306 g/mol. The number of aromatic nitrogens is 2. The number of amides is 1. The molecule has 0 bridgehead atoms. The van der Waals surface area contributed by atoms with Gasteiger partial charge in [0.1, 0.15) is 5.82 Å². The van der Waals surface area contributed by atoms with Crippen LogP contribution in [0, 0.1) is 0 Å². The highest BCUT2D eigenvalue weighted by Crippen LogP contribution is 2.31. The summed E-state index contributed by atoms with van der Waals surface area (Å²) in [6.45, 7) is 5.45. The van der Waals surface area contributed by atoms with Gasteiger partial charge >= 0.3 is 0 Å². The van der Waals surface area contributed by atoms with Gasteiger partial charge in [-0.2, -0.15) is 5.10 Å². The topological polar surface area (TPSA) is 59.4 Å². The number of rotatable bonds is 5. The molecule has 1 atom stereocenters. The molecule has 0 unspecified atom stereocenters. The Labute approximate surface area is 131 Å². The van der Waals surface area contributed by atoms with Gasteiger partial charge in [0.05, 0.1) is 24.9 Å². The van der Waals surface area contributed by atoms with Crippen molar-refractivity contribution in [3.8, 4) is 0 Å². The lowest BCUT2D eigenvalue weighted by atomic mass is 10.2. The minimum Gasteiger partial charge on any atom is -0.376 e. The van der Waals surface area contributed by atoms with E-state index in [1.165, 1.54) is 12.8 Å². The summed E-state index contributed by atoms with van der Waals surface area (Å²) in [5, 5.41) is 7.41. The van der Waals surface area contributed by atoms with Gasteiger partial charge < -0.3 is 10.1 Å². The molecule has 6 heteroatoms. The summed E-state index contributed by atoms with van der Waals surface area (Å²) < 4.78 is 7.51. The summed E-state index contributed by atoms with van der Waals surface area (Å²) in [5.41, 5.74) is 0. The van der Waals surface area contributed by atoms with Crippen LogP contribution in [0.4, 0.5) is 5.82 Å². The summed E-state index contributed by atoms with van der Waals surface area (Å²) in [6, 6.07) is 2.35. The molecule has 1 aromatic rings. The standard InChI is InChI=1S/C16H26N4O2/c1-13-12-19(10-11-22-13)9-7-16(21)18-15-6-8-17-20(15)14-4-2-3-5-14/h6,8,13-14H,2-5,7,9-12H2,1H3,(H,18,21)/t13-/m1/s1. The number of carbonyl (C=O) groups is 1. The van der Waals surface area contributed by atoms with E-state index in [2.05, 4.69) is 22.2 Å². The Balaban J connectivity index is 1.48. The highest BCUT2D eigenvalue weighted by Gasteiger charge is 2.21. The normalized spacial score (nSPS) is 23.8. The second kappa shape index (κ2) is 7.24. The molecule has 6 nitrogen and oxygen atoms in total. The molecule has 122 valence electrons. The van der Waals surface area contributed by atoms with Crippen LogP contribution in [0.25, 0.3) is 0 Å². The fourth-order valence-electron chi connectivity index (χ4n) is 3.41. The predicted molar refractivity (Wildman–Crippen MR) is 84.8 cm³/mol. The number of hydrogen-bond donors (Lipinski definition) is 1. The first-order valence-electron chi connectivity index (χ1n) is 8.39. The van der Waals surface area contributed by atoms with Crippen molar-refractivity contribution in [2.24, 2.45) is 0 Å². The molecule has 3 rings (SSSR count). The molecule has 2 aliphatic rings. The summed E-state index contributed by atoms with van der Waals surface area (Å²) in [4.78, 5) is 14.5. The first-order valence-corrected chi connectivity index (χ1v) is 8.39. The van der Waals surface area contributed by atoms with Crippen molar-refractivity contribution in [3.63, 3.8) is 0 Å². The lowest BCUT2D eigenvalue weighted by Gasteiger charge is -2.30. The van der Waals surface area contributed by atoms with Crippen LogP contribution in [-0.2, 0) is 9.53 Å². The van der Waals surface area contributed by atoms with Crippen molar-refractivity contribution in [3.05, 3.63) is 12.3 Å². The van der Waals surface area contributed by atoms with Crippen LogP contribution in [0.1, 0.15) is 45.1 Å². The zero-order chi connectivity index (χ0) is 15.4. The number of anilines is 1. The zero-order valence-corrected chi connectivity index (χ0v) is 13.3. The number of ether oxygens (including phenoxy) is 1. The van der Waals surface area contributed by atoms with Gasteiger partial charge in [-0.15, -0.1) is 0 Å². The fraction of sp³-hybridized carbons (Fsp3) is 0.750. The number of carbonyl (C=O) groups excluding carboxylic acids is 1. The first-order chi connectivity index (χ1) is 10.7. The lowest BCUT2D eigenvalue weighted by molar-refractivity contribution is -0.117. The maximum absolute atomic E-state index is 12.2. The average Bonchev–Trinajstić information content (AvgIpc) is 3.16. The summed E-state index contributed by atoms with van der Waals surface area (Å²) in [7, 11) is 0. The van der Waals surface area contributed by atoms with E-state index >= 15 is 0 Å². The van der Waals surface area contributed by atoms with Gasteiger partial charge in [-0.3, -0.25) is 9.69 Å². The van der Waals surface area contributed by atoms with Crippen molar-refractivity contribution < 1.29 is 9.53 Å². The third kappa shape index (κ3) is 3.87. The van der Waals surface area contributed by atoms with Gasteiger partial charge in [-0.1, -0.05) is 12.8 Å². The minimum absolute atomic E-state index is 0.0684. The Bertz CT molecular complexity index is 496. The Morgan fingerprint density at radius 1 is 1.45 bits per heavy atom. The van der Waals surface area contributed by atoms with E-state index in [9.17, 15) is 4.79 Å². The van der Waals surface area contributed by atoms with Crippen LogP contribution in [-0.4, -0.2) is 52.9 Å². The van der Waals surface area contributed by atoms with Crippen LogP contribution in [0.5, 0.6) is 0 Å². The van der Waals surface area contributed by atoms with Crippen LogP contribution in [0.3, 0.4) is 0 Å². The molecule has 22 heavy (non-hydrogen) atoms. The Morgan fingerprint density at radius 3 is 3.05 bits per heavy atom. The number of morpholine rings is 1. The molecule has 1 amide bonds. The maximum Gasteiger partial charge on any atom is 0.226 e. The molecular formula is C16H26N4O2. The van der Waals surface area contributed by atoms with E-state index in [-0.39, 0.29) is 12.0 Å². The summed E-state index contributed by atoms with van der Waals surface area (Å²) in [5.74, 6) is 0.908. The van der Waals surface area contributed by atoms with E-state index in [0.29, 0.717) is 12.5 Å². The Morgan fingerprint density at radius 2 is 2.27 bits per heavy atom. The molecule has 0 spiro atoms. The van der Waals surface area contributed by atoms with Crippen molar-refractivity contribution in [2.45, 2.75) is 51.2 Å². The molecule has 0 radical (unpaired) electrons. The summed E-state index contributed by atoms with van der Waals surface area (Å²) in [6.07, 6.45) is 7.40. The highest BCUT2D eigenvalue weighted by atomic mass is 16.5. The largest absolute Gasteiger partial charge is 0.376 e. The molecule has 1 aliphatic carbocycles. The van der Waals surface area contributed by atoms with Crippen molar-refractivity contribution in [2.75, 3.05) is 31.6 Å². The van der Waals surface area contributed by atoms with Gasteiger partial charge in [0.15, 0.2) is 0 Å². The van der Waals surface area contributed by atoms with Crippen molar-refractivity contribution in [1.29, 1.82) is 0 Å². The number of nitrogens with one attached hydrogen (secondary N) is 1. The monoisotopic (exact) mass is 306 g/mol. The molecule has 0 aromatic carbocycles. The van der Waals surface area contributed by atoms with Crippen LogP contribution in [0.2, 0.25) is 0 Å². The van der Waals surface area contributed by atoms with Crippen molar-refractivity contribution >= 4 is 11.7 Å². The second-order valence-corrected chi connectivity index (χ2v) is 6.38. The molecule has 2 heterocycles. The Hall–Kier alpha value is -1.40. The van der Waals surface area contributed by atoms with Gasteiger partial charge in [0, 0.05) is 32.1 Å². The second-order valence-electron chi connectivity index (χ2n) is 6.38. The van der Waals surface area contributed by atoms with Gasteiger partial charge in [-0.05, 0) is 19.8 Å². The fourth-order valence-corrected chi connectivity index (χ4v) is 3.41. The summed E-state index contributed by atoms with van der Waals surface area (Å²) >= 11 is 0. The first kappa shape index (κ1) is 15.5. The molecule has 2 fully saturated rings. The maximum atomic E-state index is 12.2. The molecule has 1 aliphatic heterocycles. The highest BCUT2D eigenvalue weighted by molar-refractivity contribution is 5.89. The third-order valence-corrected chi connectivity index (χ3v) is 4.59. The lowest BCUT2D eigenvalue weighted by Crippen LogP contribution is -2.42. The molecule has 1 saturated carbocycles.